The number of carbonyl (C=O) groups excluding carboxylic acids is 1. The average Bonchev–Trinajstić information content (AvgIpc) is 2.40. The van der Waals surface area contributed by atoms with Crippen molar-refractivity contribution in [3.05, 3.63) is 23.8 Å². The molecule has 0 aliphatic carbocycles. The van der Waals surface area contributed by atoms with Crippen molar-refractivity contribution in [3.63, 3.8) is 0 Å². The van der Waals surface area contributed by atoms with Gasteiger partial charge in [0.15, 0.2) is 11.5 Å². The van der Waals surface area contributed by atoms with Crippen LogP contribution in [0.2, 0.25) is 0 Å². The first-order valence-electron chi connectivity index (χ1n) is 5.39. The van der Waals surface area contributed by atoms with E-state index >= 15 is 0 Å². The SMILES string of the molecule is CCOc1ccc(/C=N\NC(=O)OC)cc1OC. The van der Waals surface area contributed by atoms with Gasteiger partial charge in [-0.1, -0.05) is 0 Å². The molecule has 0 atom stereocenters. The lowest BCUT2D eigenvalue weighted by molar-refractivity contribution is 0.171. The minimum absolute atomic E-state index is 0.563. The van der Waals surface area contributed by atoms with E-state index in [-0.39, 0.29) is 0 Å². The molecule has 18 heavy (non-hydrogen) atoms. The van der Waals surface area contributed by atoms with Crippen molar-refractivity contribution in [2.45, 2.75) is 6.92 Å². The van der Waals surface area contributed by atoms with E-state index in [4.69, 9.17) is 9.47 Å². The van der Waals surface area contributed by atoms with Crippen LogP contribution >= 0.6 is 0 Å². The van der Waals surface area contributed by atoms with Crippen molar-refractivity contribution in [2.75, 3.05) is 20.8 Å². The van der Waals surface area contributed by atoms with Gasteiger partial charge in [-0.05, 0) is 30.7 Å². The predicted octanol–water partition coefficient (Wildman–Crippen LogP) is 1.78. The summed E-state index contributed by atoms with van der Waals surface area (Å²) in [6.07, 6.45) is 0.860. The molecule has 0 radical (unpaired) electrons. The standard InChI is InChI=1S/C12H16N2O4/c1-4-18-10-6-5-9(7-11(10)16-2)8-13-14-12(15)17-3/h5-8H,4H2,1-3H3,(H,14,15)/b13-8-. The van der Waals surface area contributed by atoms with Crippen LogP contribution in [0.25, 0.3) is 0 Å². The molecule has 0 aromatic heterocycles. The Morgan fingerprint density at radius 3 is 2.78 bits per heavy atom. The van der Waals surface area contributed by atoms with E-state index in [1.165, 1.54) is 13.3 Å². The van der Waals surface area contributed by atoms with Crippen molar-refractivity contribution < 1.29 is 19.0 Å². The number of nitrogens with zero attached hydrogens (tertiary/aromatic N) is 1. The van der Waals surface area contributed by atoms with Gasteiger partial charge in [0.2, 0.25) is 0 Å². The summed E-state index contributed by atoms with van der Waals surface area (Å²) in [5.41, 5.74) is 2.96. The Bertz CT molecular complexity index is 432. The molecule has 0 heterocycles. The molecule has 1 amide bonds. The van der Waals surface area contributed by atoms with Crippen molar-refractivity contribution >= 4 is 12.3 Å². The van der Waals surface area contributed by atoms with Crippen LogP contribution < -0.4 is 14.9 Å². The Morgan fingerprint density at radius 2 is 2.17 bits per heavy atom. The largest absolute Gasteiger partial charge is 0.493 e. The third-order valence-electron chi connectivity index (χ3n) is 2.04. The molecule has 6 nitrogen and oxygen atoms in total. The van der Waals surface area contributed by atoms with Gasteiger partial charge >= 0.3 is 6.09 Å². The monoisotopic (exact) mass is 252 g/mol. The van der Waals surface area contributed by atoms with Gasteiger partial charge in [-0.2, -0.15) is 5.10 Å². The number of methoxy groups -OCH3 is 2. The summed E-state index contributed by atoms with van der Waals surface area (Å²) in [4.78, 5) is 10.8. The molecule has 0 bridgehead atoms. The fourth-order valence-corrected chi connectivity index (χ4v) is 1.24. The van der Waals surface area contributed by atoms with Gasteiger partial charge in [0.1, 0.15) is 0 Å². The highest BCUT2D eigenvalue weighted by Crippen LogP contribution is 2.27. The van der Waals surface area contributed by atoms with Crippen molar-refractivity contribution in [1.29, 1.82) is 0 Å². The summed E-state index contributed by atoms with van der Waals surface area (Å²) in [7, 11) is 2.83. The van der Waals surface area contributed by atoms with E-state index in [1.807, 2.05) is 6.92 Å². The first-order valence-corrected chi connectivity index (χ1v) is 5.39. The highest BCUT2D eigenvalue weighted by Gasteiger charge is 2.04. The average molecular weight is 252 g/mol. The molecule has 0 unspecified atom stereocenters. The summed E-state index contributed by atoms with van der Waals surface area (Å²) in [5.74, 6) is 1.27. The lowest BCUT2D eigenvalue weighted by Gasteiger charge is -2.09. The van der Waals surface area contributed by atoms with Crippen LogP contribution in [0.5, 0.6) is 11.5 Å². The third kappa shape index (κ3) is 3.97. The second-order valence-electron chi connectivity index (χ2n) is 3.20. The number of rotatable bonds is 5. The van der Waals surface area contributed by atoms with Gasteiger partial charge in [0, 0.05) is 0 Å². The molecular weight excluding hydrogens is 236 g/mol. The Balaban J connectivity index is 2.75. The molecule has 0 aliphatic rings. The summed E-state index contributed by atoms with van der Waals surface area (Å²) in [6, 6.07) is 5.34. The first kappa shape index (κ1) is 13.8. The fraction of sp³-hybridized carbons (Fsp3) is 0.333. The quantitative estimate of drug-likeness (QED) is 0.640. The Labute approximate surface area is 106 Å². The minimum atomic E-state index is -0.621. The van der Waals surface area contributed by atoms with E-state index in [0.29, 0.717) is 18.1 Å². The smallest absolute Gasteiger partial charge is 0.427 e. The number of nitrogens with one attached hydrogen (secondary N) is 1. The Hall–Kier alpha value is -2.24. The number of hydrazone groups is 1. The number of carbonyl (C=O) groups is 1. The number of ether oxygens (including phenoxy) is 3. The van der Waals surface area contributed by atoms with Crippen molar-refractivity contribution in [1.82, 2.24) is 5.43 Å². The normalized spacial score (nSPS) is 10.2. The van der Waals surface area contributed by atoms with E-state index < -0.39 is 6.09 Å². The number of amides is 1. The van der Waals surface area contributed by atoms with Crippen LogP contribution in [0.4, 0.5) is 4.79 Å². The zero-order valence-corrected chi connectivity index (χ0v) is 10.6. The summed E-state index contributed by atoms with van der Waals surface area (Å²) in [6.45, 7) is 2.46. The Kier molecular flexibility index (Phi) is 5.50. The highest BCUT2D eigenvalue weighted by molar-refractivity contribution is 5.82. The van der Waals surface area contributed by atoms with E-state index in [2.05, 4.69) is 15.3 Å². The molecule has 0 saturated carbocycles. The maximum absolute atomic E-state index is 10.8. The van der Waals surface area contributed by atoms with Crippen LogP contribution in [-0.4, -0.2) is 33.1 Å². The zero-order valence-electron chi connectivity index (χ0n) is 10.6. The molecule has 0 fully saturated rings. The molecule has 1 rings (SSSR count). The van der Waals surface area contributed by atoms with Crippen molar-refractivity contribution in [3.8, 4) is 11.5 Å². The topological polar surface area (TPSA) is 69.2 Å². The second kappa shape index (κ2) is 7.16. The van der Waals surface area contributed by atoms with Crippen LogP contribution in [0.1, 0.15) is 12.5 Å². The molecule has 6 heteroatoms. The first-order chi connectivity index (χ1) is 8.71. The van der Waals surface area contributed by atoms with Crippen LogP contribution in [0, 0.1) is 0 Å². The van der Waals surface area contributed by atoms with Gasteiger partial charge in [-0.25, -0.2) is 10.2 Å². The van der Waals surface area contributed by atoms with Gasteiger partial charge in [-0.15, -0.1) is 0 Å². The summed E-state index contributed by atoms with van der Waals surface area (Å²) < 4.78 is 14.9. The van der Waals surface area contributed by atoms with E-state index in [9.17, 15) is 4.79 Å². The predicted molar refractivity (Wildman–Crippen MR) is 67.3 cm³/mol. The zero-order chi connectivity index (χ0) is 13.4. The molecular formula is C12H16N2O4. The lowest BCUT2D eigenvalue weighted by atomic mass is 10.2. The summed E-state index contributed by atoms with van der Waals surface area (Å²) in [5, 5.41) is 3.72. The molecule has 0 spiro atoms. The molecule has 98 valence electrons. The Morgan fingerprint density at radius 1 is 1.39 bits per heavy atom. The van der Waals surface area contributed by atoms with Gasteiger partial charge in [0.25, 0.3) is 0 Å². The van der Waals surface area contributed by atoms with Crippen LogP contribution in [0.3, 0.4) is 0 Å². The minimum Gasteiger partial charge on any atom is -0.493 e. The fourth-order valence-electron chi connectivity index (χ4n) is 1.24. The van der Waals surface area contributed by atoms with Crippen LogP contribution in [0.15, 0.2) is 23.3 Å². The van der Waals surface area contributed by atoms with Gasteiger partial charge < -0.3 is 14.2 Å². The lowest BCUT2D eigenvalue weighted by Crippen LogP contribution is -2.16. The molecule has 0 saturated heterocycles. The molecule has 1 N–H and O–H groups in total. The number of benzene rings is 1. The molecule has 0 aliphatic heterocycles. The molecule has 1 aromatic carbocycles. The number of hydrogen-bond acceptors (Lipinski definition) is 5. The summed E-state index contributed by atoms with van der Waals surface area (Å²) >= 11 is 0. The van der Waals surface area contributed by atoms with Crippen LogP contribution in [-0.2, 0) is 4.74 Å². The van der Waals surface area contributed by atoms with E-state index in [0.717, 1.165) is 5.56 Å². The van der Waals surface area contributed by atoms with Crippen molar-refractivity contribution in [2.24, 2.45) is 5.10 Å². The highest BCUT2D eigenvalue weighted by atomic mass is 16.5. The third-order valence-corrected chi connectivity index (χ3v) is 2.04. The second-order valence-corrected chi connectivity index (χ2v) is 3.20. The maximum atomic E-state index is 10.8. The van der Waals surface area contributed by atoms with E-state index in [1.54, 1.807) is 25.3 Å². The molecule has 1 aromatic rings. The number of hydrogen-bond donors (Lipinski definition) is 1. The maximum Gasteiger partial charge on any atom is 0.427 e. The van der Waals surface area contributed by atoms with Gasteiger partial charge in [-0.3, -0.25) is 0 Å². The van der Waals surface area contributed by atoms with Gasteiger partial charge in [0.05, 0.1) is 27.0 Å².